The molecule has 3 saturated heterocycles. The molecule has 1 N–H and O–H groups in total. The smallest absolute Gasteiger partial charge is 0.223 e. The molecule has 0 radical (unpaired) electrons. The first-order valence-electron chi connectivity index (χ1n) is 7.28. The summed E-state index contributed by atoms with van der Waals surface area (Å²) in [4.78, 5) is 14.4. The molecule has 0 aromatic heterocycles. The lowest BCUT2D eigenvalue weighted by atomic mass is 9.89. The number of rotatable bonds is 2. The van der Waals surface area contributed by atoms with Crippen LogP contribution in [-0.4, -0.2) is 35.5 Å². The van der Waals surface area contributed by atoms with Crippen molar-refractivity contribution < 1.29 is 4.79 Å². The summed E-state index contributed by atoms with van der Waals surface area (Å²) in [5.41, 5.74) is 0. The zero-order valence-corrected chi connectivity index (χ0v) is 12.0. The van der Waals surface area contributed by atoms with Gasteiger partial charge in [-0.3, -0.25) is 4.79 Å². The van der Waals surface area contributed by atoms with Crippen molar-refractivity contribution >= 4 is 18.3 Å². The summed E-state index contributed by atoms with van der Waals surface area (Å²) in [6.07, 6.45) is 8.31. The average Bonchev–Trinajstić information content (AvgIpc) is 2.85. The molecule has 4 heteroatoms. The maximum Gasteiger partial charge on any atom is 0.223 e. The molecule has 3 rings (SSSR count). The highest BCUT2D eigenvalue weighted by atomic mass is 35.5. The quantitative estimate of drug-likeness (QED) is 0.837. The van der Waals surface area contributed by atoms with Crippen LogP contribution in [0.4, 0.5) is 0 Å². The second-order valence-corrected chi connectivity index (χ2v) is 6.26. The van der Waals surface area contributed by atoms with Crippen LogP contribution in [-0.2, 0) is 4.79 Å². The van der Waals surface area contributed by atoms with Crippen molar-refractivity contribution in [2.75, 3.05) is 6.54 Å². The molecular formula is C14H25ClN2O. The van der Waals surface area contributed by atoms with Crippen molar-refractivity contribution in [3.05, 3.63) is 0 Å². The summed E-state index contributed by atoms with van der Waals surface area (Å²) in [6, 6.07) is 1.91. The first-order valence-corrected chi connectivity index (χ1v) is 7.28. The van der Waals surface area contributed by atoms with E-state index < -0.39 is 0 Å². The molecule has 0 aromatic carbocycles. The lowest BCUT2D eigenvalue weighted by Crippen LogP contribution is -2.41. The van der Waals surface area contributed by atoms with E-state index in [0.717, 1.165) is 13.0 Å². The number of carbonyl (C=O) groups excluding carboxylic acids is 1. The summed E-state index contributed by atoms with van der Waals surface area (Å²) < 4.78 is 0. The summed E-state index contributed by atoms with van der Waals surface area (Å²) >= 11 is 0. The fourth-order valence-corrected chi connectivity index (χ4v) is 4.01. The Hall–Kier alpha value is -0.280. The van der Waals surface area contributed by atoms with Crippen LogP contribution >= 0.6 is 12.4 Å². The van der Waals surface area contributed by atoms with E-state index in [-0.39, 0.29) is 12.4 Å². The van der Waals surface area contributed by atoms with Gasteiger partial charge in [0.15, 0.2) is 0 Å². The monoisotopic (exact) mass is 272 g/mol. The SMILES string of the molecule is CC1CCCN1C(=O)CC1CC2CCC(C1)N2.Cl. The van der Waals surface area contributed by atoms with Crippen molar-refractivity contribution in [2.24, 2.45) is 5.92 Å². The van der Waals surface area contributed by atoms with Gasteiger partial charge in [0, 0.05) is 31.1 Å². The molecule has 3 unspecified atom stereocenters. The van der Waals surface area contributed by atoms with Gasteiger partial charge in [-0.25, -0.2) is 0 Å². The molecule has 0 aromatic rings. The molecule has 3 aliphatic heterocycles. The van der Waals surface area contributed by atoms with Crippen LogP contribution < -0.4 is 5.32 Å². The summed E-state index contributed by atoms with van der Waals surface area (Å²) in [6.45, 7) is 3.19. The Morgan fingerprint density at radius 3 is 2.44 bits per heavy atom. The minimum atomic E-state index is 0. The highest BCUT2D eigenvalue weighted by Crippen LogP contribution is 2.33. The lowest BCUT2D eigenvalue weighted by molar-refractivity contribution is -0.133. The van der Waals surface area contributed by atoms with Gasteiger partial charge in [-0.2, -0.15) is 0 Å². The number of nitrogens with zero attached hydrogens (tertiary/aromatic N) is 1. The van der Waals surface area contributed by atoms with E-state index in [1.807, 2.05) is 0 Å². The van der Waals surface area contributed by atoms with Crippen molar-refractivity contribution in [3.63, 3.8) is 0 Å². The third kappa shape index (κ3) is 2.83. The van der Waals surface area contributed by atoms with E-state index in [0.29, 0.717) is 30.0 Å². The molecule has 3 aliphatic rings. The van der Waals surface area contributed by atoms with E-state index in [9.17, 15) is 4.79 Å². The predicted molar refractivity (Wildman–Crippen MR) is 74.9 cm³/mol. The maximum atomic E-state index is 12.3. The number of hydrogen-bond acceptors (Lipinski definition) is 2. The predicted octanol–water partition coefficient (Wildman–Crippen LogP) is 2.34. The van der Waals surface area contributed by atoms with Crippen LogP contribution in [0.2, 0.25) is 0 Å². The minimum absolute atomic E-state index is 0. The first-order chi connectivity index (χ1) is 8.22. The largest absolute Gasteiger partial charge is 0.340 e. The van der Waals surface area contributed by atoms with Crippen molar-refractivity contribution in [3.8, 4) is 0 Å². The molecular weight excluding hydrogens is 248 g/mol. The Morgan fingerprint density at radius 1 is 1.22 bits per heavy atom. The van der Waals surface area contributed by atoms with E-state index in [1.165, 1.54) is 38.5 Å². The Morgan fingerprint density at radius 2 is 1.89 bits per heavy atom. The Balaban J connectivity index is 0.00000120. The number of nitrogens with one attached hydrogen (secondary N) is 1. The second kappa shape index (κ2) is 5.79. The second-order valence-electron chi connectivity index (χ2n) is 6.26. The molecule has 3 nitrogen and oxygen atoms in total. The lowest BCUT2D eigenvalue weighted by Gasteiger charge is -2.30. The zero-order valence-electron chi connectivity index (χ0n) is 11.2. The molecule has 3 atom stereocenters. The van der Waals surface area contributed by atoms with Gasteiger partial charge in [0.1, 0.15) is 0 Å². The molecule has 104 valence electrons. The van der Waals surface area contributed by atoms with E-state index in [2.05, 4.69) is 17.1 Å². The molecule has 3 fully saturated rings. The van der Waals surface area contributed by atoms with Gasteiger partial charge >= 0.3 is 0 Å². The number of halogens is 1. The summed E-state index contributed by atoms with van der Waals surface area (Å²) in [5, 5.41) is 3.65. The van der Waals surface area contributed by atoms with Crippen LogP contribution in [0.1, 0.15) is 51.9 Å². The van der Waals surface area contributed by atoms with Crippen LogP contribution in [0.25, 0.3) is 0 Å². The van der Waals surface area contributed by atoms with Gasteiger partial charge in [0.25, 0.3) is 0 Å². The van der Waals surface area contributed by atoms with Gasteiger partial charge in [0.2, 0.25) is 5.91 Å². The van der Waals surface area contributed by atoms with Gasteiger partial charge in [0.05, 0.1) is 0 Å². The number of amides is 1. The van der Waals surface area contributed by atoms with Crippen molar-refractivity contribution in [2.45, 2.75) is 70.0 Å². The molecule has 0 spiro atoms. The van der Waals surface area contributed by atoms with Crippen LogP contribution in [0.5, 0.6) is 0 Å². The molecule has 0 saturated carbocycles. The zero-order chi connectivity index (χ0) is 11.8. The van der Waals surface area contributed by atoms with E-state index in [4.69, 9.17) is 0 Å². The van der Waals surface area contributed by atoms with E-state index in [1.54, 1.807) is 0 Å². The fourth-order valence-electron chi connectivity index (χ4n) is 4.01. The van der Waals surface area contributed by atoms with Gasteiger partial charge < -0.3 is 10.2 Å². The average molecular weight is 273 g/mol. The van der Waals surface area contributed by atoms with Crippen molar-refractivity contribution in [1.82, 2.24) is 10.2 Å². The maximum absolute atomic E-state index is 12.3. The highest BCUT2D eigenvalue weighted by Gasteiger charge is 2.35. The first kappa shape index (κ1) is 14.1. The normalized spacial score (nSPS) is 38.6. The number of carbonyl (C=O) groups is 1. The molecule has 1 amide bonds. The minimum Gasteiger partial charge on any atom is -0.340 e. The molecule has 2 bridgehead atoms. The molecule has 18 heavy (non-hydrogen) atoms. The summed E-state index contributed by atoms with van der Waals surface area (Å²) in [7, 11) is 0. The standard InChI is InChI=1S/C14H24N2O.ClH/c1-10-3-2-6-16(10)14(17)9-11-7-12-4-5-13(8-11)15-12;/h10-13,15H,2-9H2,1H3;1H. The number of hydrogen-bond donors (Lipinski definition) is 1. The Bertz CT molecular complexity index is 298. The van der Waals surface area contributed by atoms with Crippen molar-refractivity contribution in [1.29, 1.82) is 0 Å². The number of fused-ring (bicyclic) bond motifs is 2. The van der Waals surface area contributed by atoms with Crippen LogP contribution in [0, 0.1) is 5.92 Å². The van der Waals surface area contributed by atoms with Gasteiger partial charge in [-0.15, -0.1) is 12.4 Å². The summed E-state index contributed by atoms with van der Waals surface area (Å²) in [5.74, 6) is 1.07. The van der Waals surface area contributed by atoms with Crippen LogP contribution in [0.15, 0.2) is 0 Å². The molecule has 0 aliphatic carbocycles. The fraction of sp³-hybridized carbons (Fsp3) is 0.929. The Labute approximate surface area is 116 Å². The highest BCUT2D eigenvalue weighted by molar-refractivity contribution is 5.85. The molecule has 3 heterocycles. The third-order valence-corrected chi connectivity index (χ3v) is 4.91. The Kier molecular flexibility index (Phi) is 4.54. The van der Waals surface area contributed by atoms with E-state index >= 15 is 0 Å². The number of piperidine rings is 1. The topological polar surface area (TPSA) is 32.3 Å². The van der Waals surface area contributed by atoms with Gasteiger partial charge in [-0.05, 0) is 51.4 Å². The van der Waals surface area contributed by atoms with Crippen LogP contribution in [0.3, 0.4) is 0 Å². The number of likely N-dealkylation sites (tertiary alicyclic amines) is 1. The third-order valence-electron chi connectivity index (χ3n) is 4.91. The van der Waals surface area contributed by atoms with Gasteiger partial charge in [-0.1, -0.05) is 0 Å².